The molecule has 2 aliphatic rings. The zero-order valence-electron chi connectivity index (χ0n) is 16.6. The van der Waals surface area contributed by atoms with Crippen LogP contribution < -0.4 is 16.4 Å². The SMILES string of the molecule is NC(=NCCC[C@H](NC(=O)C1CCCCC1)C(=O)O)NC(=O)C1CCCCC1. The van der Waals surface area contributed by atoms with Crippen LogP contribution in [0.1, 0.15) is 77.0 Å². The number of amides is 2. The fourth-order valence-corrected chi connectivity index (χ4v) is 4.04. The third kappa shape index (κ3) is 7.48. The molecule has 0 radical (unpaired) electrons. The Balaban J connectivity index is 1.70. The Morgan fingerprint density at radius 2 is 1.46 bits per heavy atom. The van der Waals surface area contributed by atoms with Crippen molar-refractivity contribution >= 4 is 23.7 Å². The first kappa shape index (κ1) is 22.2. The van der Waals surface area contributed by atoms with Gasteiger partial charge in [-0.1, -0.05) is 38.5 Å². The predicted octanol–water partition coefficient (Wildman–Crippen LogP) is 1.93. The molecule has 1 atom stereocenters. The van der Waals surface area contributed by atoms with Gasteiger partial charge >= 0.3 is 5.97 Å². The molecule has 0 spiro atoms. The minimum absolute atomic E-state index is 0.00823. The molecule has 2 amide bonds. The topological polar surface area (TPSA) is 134 Å². The maximum atomic E-state index is 12.3. The maximum absolute atomic E-state index is 12.3. The lowest BCUT2D eigenvalue weighted by atomic mass is 9.88. The van der Waals surface area contributed by atoms with Gasteiger partial charge in [-0.2, -0.15) is 0 Å². The van der Waals surface area contributed by atoms with Crippen LogP contribution in [0, 0.1) is 11.8 Å². The van der Waals surface area contributed by atoms with Gasteiger partial charge in [0.15, 0.2) is 5.96 Å². The highest BCUT2D eigenvalue weighted by Crippen LogP contribution is 2.24. The van der Waals surface area contributed by atoms with E-state index in [2.05, 4.69) is 15.6 Å². The van der Waals surface area contributed by atoms with E-state index >= 15 is 0 Å². The van der Waals surface area contributed by atoms with E-state index in [4.69, 9.17) is 5.73 Å². The number of nitrogens with one attached hydrogen (secondary N) is 2. The van der Waals surface area contributed by atoms with Gasteiger partial charge in [0.05, 0.1) is 0 Å². The number of nitrogens with zero attached hydrogens (tertiary/aromatic N) is 1. The third-order valence-corrected chi connectivity index (χ3v) is 5.75. The van der Waals surface area contributed by atoms with E-state index in [-0.39, 0.29) is 36.0 Å². The van der Waals surface area contributed by atoms with Crippen molar-refractivity contribution in [3.8, 4) is 0 Å². The Morgan fingerprint density at radius 3 is 2.00 bits per heavy atom. The number of carboxylic acids is 1. The van der Waals surface area contributed by atoms with Gasteiger partial charge in [0, 0.05) is 18.4 Å². The number of carbonyl (C=O) groups is 3. The fraction of sp³-hybridized carbons (Fsp3) is 0.800. The van der Waals surface area contributed by atoms with Crippen molar-refractivity contribution in [2.75, 3.05) is 6.54 Å². The number of hydrogen-bond acceptors (Lipinski definition) is 4. The lowest BCUT2D eigenvalue weighted by molar-refractivity contribution is -0.142. The molecule has 0 aromatic rings. The van der Waals surface area contributed by atoms with E-state index in [1.54, 1.807) is 0 Å². The predicted molar refractivity (Wildman–Crippen MR) is 107 cm³/mol. The number of nitrogens with two attached hydrogens (primary N) is 1. The lowest BCUT2D eigenvalue weighted by Gasteiger charge is -2.23. The van der Waals surface area contributed by atoms with Crippen LogP contribution >= 0.6 is 0 Å². The molecule has 0 heterocycles. The molecule has 8 nitrogen and oxygen atoms in total. The van der Waals surface area contributed by atoms with Crippen molar-refractivity contribution in [2.45, 2.75) is 83.1 Å². The van der Waals surface area contributed by atoms with Crippen LogP contribution in [0.5, 0.6) is 0 Å². The summed E-state index contributed by atoms with van der Waals surface area (Å²) in [4.78, 5) is 39.9. The highest BCUT2D eigenvalue weighted by atomic mass is 16.4. The zero-order chi connectivity index (χ0) is 20.4. The van der Waals surface area contributed by atoms with E-state index < -0.39 is 12.0 Å². The molecule has 2 saturated carbocycles. The van der Waals surface area contributed by atoms with Crippen LogP contribution in [0.2, 0.25) is 0 Å². The molecule has 158 valence electrons. The number of guanidine groups is 1. The maximum Gasteiger partial charge on any atom is 0.326 e. The van der Waals surface area contributed by atoms with Gasteiger partial charge in [-0.05, 0) is 38.5 Å². The van der Waals surface area contributed by atoms with E-state index in [1.807, 2.05) is 0 Å². The summed E-state index contributed by atoms with van der Waals surface area (Å²) in [5.41, 5.74) is 5.77. The summed E-state index contributed by atoms with van der Waals surface area (Å²) in [6.07, 6.45) is 10.7. The summed E-state index contributed by atoms with van der Waals surface area (Å²) in [7, 11) is 0. The van der Waals surface area contributed by atoms with Gasteiger partial charge in [0.1, 0.15) is 6.04 Å². The Kier molecular flexibility index (Phi) is 9.23. The molecule has 0 aromatic carbocycles. The smallest absolute Gasteiger partial charge is 0.326 e. The first-order valence-corrected chi connectivity index (χ1v) is 10.6. The van der Waals surface area contributed by atoms with E-state index in [0.29, 0.717) is 13.0 Å². The highest BCUT2D eigenvalue weighted by molar-refractivity contribution is 5.97. The van der Waals surface area contributed by atoms with Crippen LogP contribution in [0.15, 0.2) is 4.99 Å². The number of aliphatic carboxylic acids is 1. The number of aliphatic imine (C=N–C) groups is 1. The molecular formula is C20H34N4O4. The van der Waals surface area contributed by atoms with Gasteiger partial charge in [-0.15, -0.1) is 0 Å². The van der Waals surface area contributed by atoms with Crippen molar-refractivity contribution in [2.24, 2.45) is 22.6 Å². The fourth-order valence-electron chi connectivity index (χ4n) is 4.04. The van der Waals surface area contributed by atoms with Gasteiger partial charge in [0.25, 0.3) is 0 Å². The van der Waals surface area contributed by atoms with Crippen molar-refractivity contribution in [1.82, 2.24) is 10.6 Å². The Hall–Kier alpha value is -2.12. The molecule has 2 rings (SSSR count). The van der Waals surface area contributed by atoms with Gasteiger partial charge in [-0.25, -0.2) is 4.79 Å². The van der Waals surface area contributed by atoms with Crippen molar-refractivity contribution in [3.63, 3.8) is 0 Å². The van der Waals surface area contributed by atoms with Crippen molar-refractivity contribution in [1.29, 1.82) is 0 Å². The molecule has 0 aliphatic heterocycles. The first-order valence-electron chi connectivity index (χ1n) is 10.6. The highest BCUT2D eigenvalue weighted by Gasteiger charge is 2.26. The van der Waals surface area contributed by atoms with E-state index in [0.717, 1.165) is 57.8 Å². The average Bonchev–Trinajstić information content (AvgIpc) is 2.71. The average molecular weight is 395 g/mol. The number of rotatable bonds is 8. The summed E-state index contributed by atoms with van der Waals surface area (Å²) >= 11 is 0. The van der Waals surface area contributed by atoms with Crippen molar-refractivity contribution < 1.29 is 19.5 Å². The van der Waals surface area contributed by atoms with Crippen LogP contribution in [-0.4, -0.2) is 41.4 Å². The Bertz CT molecular complexity index is 567. The third-order valence-electron chi connectivity index (χ3n) is 5.75. The quantitative estimate of drug-likeness (QED) is 0.283. The molecule has 5 N–H and O–H groups in total. The lowest BCUT2D eigenvalue weighted by Crippen LogP contribution is -2.44. The van der Waals surface area contributed by atoms with E-state index in [1.165, 1.54) is 6.42 Å². The second-order valence-corrected chi connectivity index (χ2v) is 7.97. The summed E-state index contributed by atoms with van der Waals surface area (Å²) in [6.45, 7) is 0.305. The molecule has 2 fully saturated rings. The molecular weight excluding hydrogens is 360 g/mol. The standard InChI is InChI=1S/C20H34N4O4/c21-20(24-18(26)15-10-5-2-6-11-15)22-13-7-12-16(19(27)28)23-17(25)14-8-3-1-4-9-14/h14-16H,1-13H2,(H,23,25)(H,27,28)(H3,21,22,24,26)/t16-/m0/s1. The monoisotopic (exact) mass is 394 g/mol. The molecule has 0 unspecified atom stereocenters. The van der Waals surface area contributed by atoms with Crippen LogP contribution in [0.3, 0.4) is 0 Å². The number of carboxylic acid groups (broad SMARTS) is 1. The first-order chi connectivity index (χ1) is 13.5. The summed E-state index contributed by atoms with van der Waals surface area (Å²) in [6, 6.07) is -0.914. The number of hydrogen-bond donors (Lipinski definition) is 4. The van der Waals surface area contributed by atoms with Gasteiger partial charge in [-0.3, -0.25) is 19.9 Å². The second-order valence-electron chi connectivity index (χ2n) is 7.97. The summed E-state index contributed by atoms with van der Waals surface area (Å²) in [5.74, 6) is -1.26. The number of carbonyl (C=O) groups excluding carboxylic acids is 2. The largest absolute Gasteiger partial charge is 0.480 e. The van der Waals surface area contributed by atoms with Crippen LogP contribution in [0.25, 0.3) is 0 Å². The summed E-state index contributed by atoms with van der Waals surface area (Å²) in [5, 5.41) is 14.7. The van der Waals surface area contributed by atoms with Crippen LogP contribution in [-0.2, 0) is 14.4 Å². The molecule has 0 bridgehead atoms. The minimum Gasteiger partial charge on any atom is -0.480 e. The second kappa shape index (κ2) is 11.7. The zero-order valence-corrected chi connectivity index (χ0v) is 16.6. The minimum atomic E-state index is -1.04. The normalized spacial score (nSPS) is 20.4. The Labute approximate surface area is 166 Å². The molecule has 2 aliphatic carbocycles. The van der Waals surface area contributed by atoms with Crippen molar-refractivity contribution in [3.05, 3.63) is 0 Å². The Morgan fingerprint density at radius 1 is 0.929 bits per heavy atom. The molecule has 28 heavy (non-hydrogen) atoms. The molecule has 0 saturated heterocycles. The van der Waals surface area contributed by atoms with Crippen LogP contribution in [0.4, 0.5) is 0 Å². The molecule has 8 heteroatoms. The van der Waals surface area contributed by atoms with Gasteiger partial charge in [0.2, 0.25) is 11.8 Å². The van der Waals surface area contributed by atoms with E-state index in [9.17, 15) is 19.5 Å². The molecule has 0 aromatic heterocycles. The van der Waals surface area contributed by atoms with Gasteiger partial charge < -0.3 is 16.2 Å². The summed E-state index contributed by atoms with van der Waals surface area (Å²) < 4.78 is 0.